The van der Waals surface area contributed by atoms with Gasteiger partial charge in [0.15, 0.2) is 5.82 Å². The molecule has 0 amide bonds. The second kappa shape index (κ2) is 6.43. The Morgan fingerprint density at radius 1 is 1.67 bits per heavy atom. The molecule has 0 aromatic carbocycles. The number of hydrogen-bond donors (Lipinski definition) is 2. The lowest BCUT2D eigenvalue weighted by Crippen LogP contribution is -2.28. The van der Waals surface area contributed by atoms with E-state index in [-0.39, 0.29) is 25.6 Å². The summed E-state index contributed by atoms with van der Waals surface area (Å²) in [6.07, 6.45) is -0.109. The number of aliphatic hydroxyl groups is 2. The minimum absolute atomic E-state index is 0.0623. The van der Waals surface area contributed by atoms with Crippen molar-refractivity contribution in [2.75, 3.05) is 13.2 Å². The van der Waals surface area contributed by atoms with E-state index in [1.54, 1.807) is 13.8 Å². The molecule has 0 aliphatic carbocycles. The first-order chi connectivity index (χ1) is 8.45. The van der Waals surface area contributed by atoms with E-state index in [2.05, 4.69) is 4.98 Å². The minimum atomic E-state index is -0.655. The Bertz CT molecular complexity index is 404. The first-order valence-electron chi connectivity index (χ1n) is 5.52. The van der Waals surface area contributed by atoms with E-state index < -0.39 is 17.1 Å². The average molecular weight is 259 g/mol. The van der Waals surface area contributed by atoms with Crippen LogP contribution in [0.1, 0.15) is 12.7 Å². The Balaban J connectivity index is 2.75. The Morgan fingerprint density at radius 3 is 2.83 bits per heavy atom. The molecule has 1 aromatic rings. The van der Waals surface area contributed by atoms with Crippen molar-refractivity contribution < 1.29 is 19.9 Å². The molecule has 0 aliphatic heterocycles. The van der Waals surface area contributed by atoms with Crippen LogP contribution in [-0.2, 0) is 11.3 Å². The maximum absolute atomic E-state index is 10.8. The maximum atomic E-state index is 10.8. The Labute approximate surface area is 104 Å². The number of hydrogen-bond acceptors (Lipinski definition) is 6. The average Bonchev–Trinajstić information content (AvgIpc) is 2.65. The summed E-state index contributed by atoms with van der Waals surface area (Å²) in [5, 5.41) is 29.0. The van der Waals surface area contributed by atoms with Crippen LogP contribution in [0.5, 0.6) is 0 Å². The molecule has 0 saturated heterocycles. The Hall–Kier alpha value is -1.51. The second-order valence-electron chi connectivity index (χ2n) is 4.02. The van der Waals surface area contributed by atoms with Crippen molar-refractivity contribution in [3.8, 4) is 0 Å². The van der Waals surface area contributed by atoms with E-state index in [9.17, 15) is 10.1 Å². The molecule has 0 saturated carbocycles. The first kappa shape index (κ1) is 14.6. The van der Waals surface area contributed by atoms with Gasteiger partial charge < -0.3 is 25.1 Å². The largest absolute Gasteiger partial charge is 0.394 e. The van der Waals surface area contributed by atoms with E-state index in [0.29, 0.717) is 5.82 Å². The molecule has 0 bridgehead atoms. The fourth-order valence-corrected chi connectivity index (χ4v) is 1.47. The number of nitrogens with zero attached hydrogens (tertiary/aromatic N) is 3. The molecule has 0 spiro atoms. The highest BCUT2D eigenvalue weighted by Gasteiger charge is 2.22. The van der Waals surface area contributed by atoms with Crippen LogP contribution in [0.3, 0.4) is 0 Å². The normalized spacial score (nSPS) is 14.4. The number of imidazole rings is 1. The molecule has 102 valence electrons. The highest BCUT2D eigenvalue weighted by Crippen LogP contribution is 2.15. The van der Waals surface area contributed by atoms with Crippen molar-refractivity contribution in [3.05, 3.63) is 22.1 Å². The molecule has 8 heteroatoms. The highest BCUT2D eigenvalue weighted by molar-refractivity contribution is 5.18. The first-order valence-corrected chi connectivity index (χ1v) is 5.52. The van der Waals surface area contributed by atoms with Crippen LogP contribution in [-0.4, -0.2) is 50.1 Å². The number of rotatable bonds is 7. The SMILES string of the molecule is Cc1ncc([N+](=O)[O-])n1CC(CO)OCC(C)O. The van der Waals surface area contributed by atoms with Gasteiger partial charge in [-0.15, -0.1) is 0 Å². The van der Waals surface area contributed by atoms with Gasteiger partial charge in [0, 0.05) is 6.92 Å². The van der Waals surface area contributed by atoms with Crippen LogP contribution < -0.4 is 0 Å². The molecule has 2 unspecified atom stereocenters. The number of ether oxygens (including phenoxy) is 1. The fraction of sp³-hybridized carbons (Fsp3) is 0.700. The second-order valence-corrected chi connectivity index (χ2v) is 4.02. The van der Waals surface area contributed by atoms with Gasteiger partial charge in [-0.2, -0.15) is 0 Å². The van der Waals surface area contributed by atoms with Crippen LogP contribution in [0.2, 0.25) is 0 Å². The van der Waals surface area contributed by atoms with Crippen molar-refractivity contribution in [2.45, 2.75) is 32.6 Å². The van der Waals surface area contributed by atoms with E-state index in [1.165, 1.54) is 10.8 Å². The molecular formula is C10H17N3O5. The summed E-state index contributed by atoms with van der Waals surface area (Å²) in [4.78, 5) is 14.1. The van der Waals surface area contributed by atoms with E-state index in [0.717, 1.165) is 0 Å². The van der Waals surface area contributed by atoms with Crippen LogP contribution >= 0.6 is 0 Å². The standard InChI is InChI=1S/C10H17N3O5/c1-7(15)6-18-9(5-14)4-12-8(2)11-3-10(12)13(16)17/h3,7,9,14-15H,4-6H2,1-2H3. The highest BCUT2D eigenvalue weighted by atomic mass is 16.6. The predicted octanol–water partition coefficient (Wildman–Crippen LogP) is -0.142. The summed E-state index contributed by atoms with van der Waals surface area (Å²) >= 11 is 0. The lowest BCUT2D eigenvalue weighted by Gasteiger charge is -2.15. The van der Waals surface area contributed by atoms with Gasteiger partial charge in [0.2, 0.25) is 0 Å². The van der Waals surface area contributed by atoms with Crippen LogP contribution in [0.15, 0.2) is 6.20 Å². The zero-order valence-corrected chi connectivity index (χ0v) is 10.3. The number of aliphatic hydroxyl groups excluding tert-OH is 2. The number of aryl methyl sites for hydroxylation is 1. The van der Waals surface area contributed by atoms with Crippen molar-refractivity contribution >= 4 is 5.82 Å². The topological polar surface area (TPSA) is 111 Å². The monoisotopic (exact) mass is 259 g/mol. The maximum Gasteiger partial charge on any atom is 0.342 e. The van der Waals surface area contributed by atoms with Gasteiger partial charge in [0.25, 0.3) is 0 Å². The van der Waals surface area contributed by atoms with Gasteiger partial charge in [-0.25, -0.2) is 9.55 Å². The smallest absolute Gasteiger partial charge is 0.342 e. The third-order valence-corrected chi connectivity index (χ3v) is 2.38. The van der Waals surface area contributed by atoms with Crippen molar-refractivity contribution in [1.29, 1.82) is 0 Å². The van der Waals surface area contributed by atoms with Gasteiger partial charge >= 0.3 is 5.82 Å². The molecule has 1 aromatic heterocycles. The summed E-state index contributed by atoms with van der Waals surface area (Å²) in [6, 6.07) is 0. The summed E-state index contributed by atoms with van der Waals surface area (Å²) < 4.78 is 6.61. The molecule has 0 aliphatic rings. The minimum Gasteiger partial charge on any atom is -0.394 e. The van der Waals surface area contributed by atoms with Crippen LogP contribution in [0.25, 0.3) is 0 Å². The lowest BCUT2D eigenvalue weighted by atomic mass is 10.3. The molecule has 2 N–H and O–H groups in total. The molecule has 2 atom stereocenters. The predicted molar refractivity (Wildman–Crippen MR) is 62.1 cm³/mol. The lowest BCUT2D eigenvalue weighted by molar-refractivity contribution is -0.392. The number of nitro groups is 1. The van der Waals surface area contributed by atoms with Crippen molar-refractivity contribution in [2.24, 2.45) is 0 Å². The van der Waals surface area contributed by atoms with E-state index in [4.69, 9.17) is 14.9 Å². The Kier molecular flexibility index (Phi) is 5.20. The van der Waals surface area contributed by atoms with Gasteiger partial charge in [-0.1, -0.05) is 0 Å². The third-order valence-electron chi connectivity index (χ3n) is 2.38. The van der Waals surface area contributed by atoms with Gasteiger partial charge in [0.1, 0.15) is 18.8 Å². The van der Waals surface area contributed by atoms with Gasteiger partial charge in [-0.05, 0) is 11.8 Å². The van der Waals surface area contributed by atoms with Crippen LogP contribution in [0.4, 0.5) is 5.82 Å². The quantitative estimate of drug-likeness (QED) is 0.520. The van der Waals surface area contributed by atoms with Crippen LogP contribution in [0, 0.1) is 17.0 Å². The molecule has 18 heavy (non-hydrogen) atoms. The molecule has 1 rings (SSSR count). The summed E-state index contributed by atoms with van der Waals surface area (Å²) in [5.41, 5.74) is 0. The van der Waals surface area contributed by atoms with Crippen molar-refractivity contribution in [3.63, 3.8) is 0 Å². The third kappa shape index (κ3) is 3.76. The summed E-state index contributed by atoms with van der Waals surface area (Å²) in [5.74, 6) is 0.326. The molecule has 0 radical (unpaired) electrons. The van der Waals surface area contributed by atoms with Gasteiger partial charge in [0.05, 0.1) is 19.3 Å². The molecule has 1 heterocycles. The zero-order valence-electron chi connectivity index (χ0n) is 10.3. The van der Waals surface area contributed by atoms with E-state index >= 15 is 0 Å². The molecular weight excluding hydrogens is 242 g/mol. The summed E-state index contributed by atoms with van der Waals surface area (Å²) in [6.45, 7) is 3.08. The Morgan fingerprint density at radius 2 is 2.33 bits per heavy atom. The zero-order chi connectivity index (χ0) is 13.7. The fourth-order valence-electron chi connectivity index (χ4n) is 1.47. The van der Waals surface area contributed by atoms with Crippen molar-refractivity contribution in [1.82, 2.24) is 9.55 Å². The van der Waals surface area contributed by atoms with Gasteiger partial charge in [-0.3, -0.25) is 0 Å². The molecule has 8 nitrogen and oxygen atoms in total. The number of aromatic nitrogens is 2. The summed E-state index contributed by atoms with van der Waals surface area (Å²) in [7, 11) is 0. The van der Waals surface area contributed by atoms with E-state index in [1.807, 2.05) is 0 Å². The molecule has 0 fully saturated rings.